The zero-order valence-corrected chi connectivity index (χ0v) is 25.4. The molecule has 3 fully saturated rings. The number of anilines is 1. The van der Waals surface area contributed by atoms with Crippen LogP contribution in [0, 0.1) is 28.9 Å². The number of rotatable bonds is 7. The van der Waals surface area contributed by atoms with Crippen molar-refractivity contribution in [1.82, 2.24) is 14.4 Å². The Bertz CT molecular complexity index is 1770. The lowest BCUT2D eigenvalue weighted by atomic mass is 9.26. The summed E-state index contributed by atoms with van der Waals surface area (Å²) in [5, 5.41) is 19.3. The predicted molar refractivity (Wildman–Crippen MR) is 163 cm³/mol. The number of amides is 1. The van der Waals surface area contributed by atoms with Gasteiger partial charge in [-0.05, 0) is 74.4 Å². The average Bonchev–Trinajstić information content (AvgIpc) is 3.51. The quantitative estimate of drug-likeness (QED) is 0.184. The molecule has 2 aromatic carbocycles. The van der Waals surface area contributed by atoms with Gasteiger partial charge in [-0.15, -0.1) is 0 Å². The summed E-state index contributed by atoms with van der Waals surface area (Å²) in [4.78, 5) is 14.3. The second-order valence-corrected chi connectivity index (χ2v) is 13.8. The summed E-state index contributed by atoms with van der Waals surface area (Å²) in [6.07, 6.45) is 6.32. The standard InChI is InChI=1S/C33H31ClF2N4O3S/c34-27-29(31(41)37-19-10-11-22(35)23(36)15-19)40-14-6-2-5-9-24(40)30(27)44-39-28-20-12-13-32(20)21(28)17-33(32,42)26-16-25(43-38-26)18-7-3-1-4-8-18/h1,3-4,7-8,10-11,15-16,20-21,28,39,42H,2,5-6,9,12-14,17H2,(H,37,41). The van der Waals surface area contributed by atoms with Crippen molar-refractivity contribution in [1.29, 1.82) is 0 Å². The van der Waals surface area contributed by atoms with Crippen molar-refractivity contribution in [2.45, 2.75) is 68.0 Å². The zero-order valence-electron chi connectivity index (χ0n) is 23.8. The molecule has 3 saturated carbocycles. The molecule has 5 unspecified atom stereocenters. The van der Waals surface area contributed by atoms with E-state index in [-0.39, 0.29) is 17.1 Å². The number of hydrogen-bond acceptors (Lipinski definition) is 6. The van der Waals surface area contributed by atoms with Gasteiger partial charge in [-0.2, -0.15) is 0 Å². The first-order chi connectivity index (χ1) is 21.3. The van der Waals surface area contributed by atoms with Crippen LogP contribution in [0.15, 0.2) is 64.0 Å². The predicted octanol–water partition coefficient (Wildman–Crippen LogP) is 7.34. The number of halogens is 3. The molecule has 8 rings (SSSR count). The molecule has 1 amide bonds. The van der Waals surface area contributed by atoms with E-state index >= 15 is 0 Å². The molecule has 3 heterocycles. The highest BCUT2D eigenvalue weighted by atomic mass is 35.5. The van der Waals surface area contributed by atoms with E-state index in [0.29, 0.717) is 47.0 Å². The molecule has 228 valence electrons. The van der Waals surface area contributed by atoms with Gasteiger partial charge in [0, 0.05) is 47.1 Å². The molecule has 44 heavy (non-hydrogen) atoms. The Morgan fingerprint density at radius 1 is 1.09 bits per heavy atom. The van der Waals surface area contributed by atoms with Crippen molar-refractivity contribution in [2.75, 3.05) is 5.32 Å². The molecule has 2 aromatic heterocycles. The smallest absolute Gasteiger partial charge is 0.273 e. The highest BCUT2D eigenvalue weighted by Crippen LogP contribution is 2.81. The molecule has 0 saturated heterocycles. The minimum Gasteiger partial charge on any atom is -0.383 e. The summed E-state index contributed by atoms with van der Waals surface area (Å²) in [5.74, 6) is -1.21. The molecule has 0 radical (unpaired) electrons. The van der Waals surface area contributed by atoms with Crippen LogP contribution in [0.3, 0.4) is 0 Å². The van der Waals surface area contributed by atoms with Crippen molar-refractivity contribution >= 4 is 35.1 Å². The molecule has 5 atom stereocenters. The maximum absolute atomic E-state index is 13.8. The number of nitrogens with one attached hydrogen (secondary N) is 2. The van der Waals surface area contributed by atoms with E-state index in [1.165, 1.54) is 18.0 Å². The third kappa shape index (κ3) is 4.00. The van der Waals surface area contributed by atoms with Crippen LogP contribution in [0.5, 0.6) is 0 Å². The monoisotopic (exact) mass is 636 g/mol. The van der Waals surface area contributed by atoms with E-state index in [9.17, 15) is 18.7 Å². The van der Waals surface area contributed by atoms with Gasteiger partial charge in [-0.25, -0.2) is 8.78 Å². The van der Waals surface area contributed by atoms with Crippen LogP contribution in [0.4, 0.5) is 14.5 Å². The third-order valence-electron chi connectivity index (χ3n) is 10.6. The van der Waals surface area contributed by atoms with Crippen LogP contribution in [0.25, 0.3) is 11.3 Å². The Hall–Kier alpha value is -3.18. The van der Waals surface area contributed by atoms with Gasteiger partial charge >= 0.3 is 0 Å². The number of nitrogens with zero attached hydrogens (tertiary/aromatic N) is 2. The Labute approximate surface area is 262 Å². The second-order valence-electron chi connectivity index (χ2n) is 12.5. The molecule has 4 aromatic rings. The number of aliphatic hydroxyl groups is 1. The van der Waals surface area contributed by atoms with E-state index in [1.807, 2.05) is 41.0 Å². The van der Waals surface area contributed by atoms with E-state index in [4.69, 9.17) is 16.1 Å². The van der Waals surface area contributed by atoms with Crippen LogP contribution < -0.4 is 10.0 Å². The topological polar surface area (TPSA) is 92.3 Å². The second kappa shape index (κ2) is 10.4. The van der Waals surface area contributed by atoms with Gasteiger partial charge in [0.05, 0.1) is 9.92 Å². The van der Waals surface area contributed by atoms with E-state index in [0.717, 1.165) is 66.8 Å². The Morgan fingerprint density at radius 2 is 1.93 bits per heavy atom. The minimum absolute atomic E-state index is 0.165. The highest BCUT2D eigenvalue weighted by Gasteiger charge is 2.82. The first-order valence-corrected chi connectivity index (χ1v) is 16.4. The van der Waals surface area contributed by atoms with Gasteiger partial charge in [0.1, 0.15) is 17.0 Å². The largest absolute Gasteiger partial charge is 0.383 e. The normalized spacial score (nSPS) is 28.4. The van der Waals surface area contributed by atoms with Gasteiger partial charge in [0.2, 0.25) is 0 Å². The summed E-state index contributed by atoms with van der Waals surface area (Å²) in [5.41, 5.74) is 1.85. The van der Waals surface area contributed by atoms with Crippen molar-refractivity contribution < 1.29 is 23.2 Å². The Kier molecular flexibility index (Phi) is 6.72. The number of fused-ring (bicyclic) bond motifs is 1. The lowest BCUT2D eigenvalue weighted by molar-refractivity contribution is -0.367. The summed E-state index contributed by atoms with van der Waals surface area (Å²) in [7, 11) is 0. The highest BCUT2D eigenvalue weighted by molar-refractivity contribution is 7.97. The van der Waals surface area contributed by atoms with Gasteiger partial charge < -0.3 is 19.5 Å². The third-order valence-corrected chi connectivity index (χ3v) is 12.1. The van der Waals surface area contributed by atoms with Crippen molar-refractivity contribution in [3.05, 3.63) is 88.3 Å². The molecule has 7 nitrogen and oxygen atoms in total. The maximum atomic E-state index is 13.8. The van der Waals surface area contributed by atoms with Crippen molar-refractivity contribution in [3.63, 3.8) is 0 Å². The van der Waals surface area contributed by atoms with Crippen LogP contribution >= 0.6 is 23.5 Å². The molecule has 3 aliphatic carbocycles. The average molecular weight is 637 g/mol. The number of carbonyl (C=O) groups excluding carboxylic acids is 1. The van der Waals surface area contributed by atoms with E-state index in [2.05, 4.69) is 15.2 Å². The molecular weight excluding hydrogens is 606 g/mol. The fourth-order valence-corrected chi connectivity index (χ4v) is 9.86. The summed E-state index contributed by atoms with van der Waals surface area (Å²) >= 11 is 8.40. The van der Waals surface area contributed by atoms with Gasteiger partial charge in [0.15, 0.2) is 17.4 Å². The fraction of sp³-hybridized carbons (Fsp3) is 0.394. The SMILES string of the molecule is O=C(Nc1ccc(F)c(F)c1)c1c(Cl)c(SNC2C3CCC34C2CC4(O)c2cc(-c3ccccc3)on2)c2n1CCCCC2. The number of benzene rings is 2. The first-order valence-electron chi connectivity index (χ1n) is 15.2. The Morgan fingerprint density at radius 3 is 2.68 bits per heavy atom. The van der Waals surface area contributed by atoms with Crippen LogP contribution in [0.2, 0.25) is 5.02 Å². The molecule has 3 N–H and O–H groups in total. The molecule has 0 bridgehead atoms. The molecule has 1 aliphatic heterocycles. The van der Waals surface area contributed by atoms with Gasteiger partial charge in [0.25, 0.3) is 5.91 Å². The fourth-order valence-electron chi connectivity index (χ4n) is 8.35. The van der Waals surface area contributed by atoms with Crippen LogP contribution in [0.1, 0.15) is 60.4 Å². The lowest BCUT2D eigenvalue weighted by Crippen LogP contribution is -2.84. The zero-order chi connectivity index (χ0) is 30.2. The van der Waals surface area contributed by atoms with E-state index < -0.39 is 23.1 Å². The maximum Gasteiger partial charge on any atom is 0.273 e. The number of aromatic nitrogens is 2. The summed E-state index contributed by atoms with van der Waals surface area (Å²) in [6.45, 7) is 0.656. The summed E-state index contributed by atoms with van der Waals surface area (Å²) < 4.78 is 38.6. The Balaban J connectivity index is 1.01. The molecule has 4 aliphatic rings. The van der Waals surface area contributed by atoms with Crippen LogP contribution in [-0.4, -0.2) is 26.8 Å². The van der Waals surface area contributed by atoms with Gasteiger partial charge in [-0.1, -0.05) is 53.5 Å². The van der Waals surface area contributed by atoms with Gasteiger partial charge in [-0.3, -0.25) is 9.52 Å². The number of hydrogen-bond donors (Lipinski definition) is 3. The first kappa shape index (κ1) is 28.3. The summed E-state index contributed by atoms with van der Waals surface area (Å²) in [6, 6.07) is 15.1. The molecular formula is C33H31ClF2N4O3S. The van der Waals surface area contributed by atoms with E-state index in [1.54, 1.807) is 0 Å². The molecule has 11 heteroatoms. The molecule has 1 spiro atoms. The van der Waals surface area contributed by atoms with Crippen molar-refractivity contribution in [3.8, 4) is 11.3 Å². The number of carbonyl (C=O) groups is 1. The lowest BCUT2D eigenvalue weighted by Gasteiger charge is -2.80. The van der Waals surface area contributed by atoms with Crippen molar-refractivity contribution in [2.24, 2.45) is 17.3 Å². The van der Waals surface area contributed by atoms with Crippen LogP contribution in [-0.2, 0) is 18.6 Å². The minimum atomic E-state index is -1.03.